The molecule has 104 valence electrons. The van der Waals surface area contributed by atoms with Gasteiger partial charge in [-0.05, 0) is 12.5 Å². The van der Waals surface area contributed by atoms with Gasteiger partial charge in [-0.2, -0.15) is 0 Å². The summed E-state index contributed by atoms with van der Waals surface area (Å²) < 4.78 is 4.63. The SMILES string of the molecule is COC(=O)c1c(NC(=O)CCCl)sc(C(N)=O)c1C. The maximum Gasteiger partial charge on any atom is 0.341 e. The quantitative estimate of drug-likeness (QED) is 0.636. The molecule has 0 radical (unpaired) electrons. The number of amides is 2. The second-order valence-electron chi connectivity index (χ2n) is 3.60. The smallest absolute Gasteiger partial charge is 0.341 e. The second kappa shape index (κ2) is 6.53. The summed E-state index contributed by atoms with van der Waals surface area (Å²) in [5.74, 6) is -1.49. The van der Waals surface area contributed by atoms with Crippen LogP contribution in [-0.2, 0) is 9.53 Å². The van der Waals surface area contributed by atoms with Crippen molar-refractivity contribution in [3.8, 4) is 0 Å². The van der Waals surface area contributed by atoms with Crippen molar-refractivity contribution in [1.29, 1.82) is 0 Å². The van der Waals surface area contributed by atoms with Crippen molar-refractivity contribution in [2.24, 2.45) is 5.73 Å². The minimum absolute atomic E-state index is 0.102. The van der Waals surface area contributed by atoms with E-state index in [1.165, 1.54) is 7.11 Å². The topological polar surface area (TPSA) is 98.5 Å². The molecule has 0 aliphatic rings. The maximum atomic E-state index is 11.7. The van der Waals surface area contributed by atoms with E-state index >= 15 is 0 Å². The first-order valence-corrected chi connectivity index (χ1v) is 6.64. The average molecular weight is 305 g/mol. The number of hydrogen-bond acceptors (Lipinski definition) is 5. The van der Waals surface area contributed by atoms with Crippen LogP contribution in [-0.4, -0.2) is 30.8 Å². The van der Waals surface area contributed by atoms with Crippen molar-refractivity contribution in [3.05, 3.63) is 16.0 Å². The Bertz CT molecular complexity index is 527. The molecule has 0 aliphatic carbocycles. The van der Waals surface area contributed by atoms with E-state index in [1.54, 1.807) is 6.92 Å². The van der Waals surface area contributed by atoms with Gasteiger partial charge in [0, 0.05) is 12.3 Å². The summed E-state index contributed by atoms with van der Waals surface area (Å²) in [4.78, 5) is 34.7. The predicted molar refractivity (Wildman–Crippen MR) is 72.9 cm³/mol. The molecule has 0 aliphatic heterocycles. The molecule has 0 spiro atoms. The molecule has 19 heavy (non-hydrogen) atoms. The largest absolute Gasteiger partial charge is 0.465 e. The van der Waals surface area contributed by atoms with Crippen LogP contribution in [0.2, 0.25) is 0 Å². The summed E-state index contributed by atoms with van der Waals surface area (Å²) in [5.41, 5.74) is 5.75. The number of halogens is 1. The number of alkyl halides is 1. The highest BCUT2D eigenvalue weighted by Crippen LogP contribution is 2.33. The second-order valence-corrected chi connectivity index (χ2v) is 5.00. The van der Waals surface area contributed by atoms with E-state index < -0.39 is 11.9 Å². The summed E-state index contributed by atoms with van der Waals surface area (Å²) in [5, 5.41) is 2.77. The molecule has 1 heterocycles. The highest BCUT2D eigenvalue weighted by molar-refractivity contribution is 7.18. The summed E-state index contributed by atoms with van der Waals surface area (Å²) in [6.45, 7) is 1.57. The Balaban J connectivity index is 3.21. The first kappa shape index (κ1) is 15.5. The van der Waals surface area contributed by atoms with Crippen LogP contribution in [0.1, 0.15) is 32.0 Å². The molecule has 1 aromatic rings. The van der Waals surface area contributed by atoms with Crippen LogP contribution in [0.3, 0.4) is 0 Å². The molecular weight excluding hydrogens is 292 g/mol. The first-order chi connectivity index (χ1) is 8.92. The van der Waals surface area contributed by atoms with Crippen molar-refractivity contribution in [2.45, 2.75) is 13.3 Å². The highest BCUT2D eigenvalue weighted by atomic mass is 35.5. The van der Waals surface area contributed by atoms with Gasteiger partial charge in [0.05, 0.1) is 17.6 Å². The van der Waals surface area contributed by atoms with Crippen molar-refractivity contribution in [1.82, 2.24) is 0 Å². The third-order valence-corrected chi connectivity index (χ3v) is 3.75. The number of carbonyl (C=O) groups is 3. The highest BCUT2D eigenvalue weighted by Gasteiger charge is 2.25. The Morgan fingerprint density at radius 2 is 2.05 bits per heavy atom. The zero-order valence-electron chi connectivity index (χ0n) is 10.4. The van der Waals surface area contributed by atoms with Crippen LogP contribution < -0.4 is 11.1 Å². The van der Waals surface area contributed by atoms with Crippen molar-refractivity contribution < 1.29 is 19.1 Å². The Labute approximate surface area is 118 Å². The number of nitrogens with two attached hydrogens (primary N) is 1. The number of thiophene rings is 1. The van der Waals surface area contributed by atoms with Crippen LogP contribution in [0.4, 0.5) is 5.00 Å². The van der Waals surface area contributed by atoms with E-state index in [1.807, 2.05) is 0 Å². The number of rotatable bonds is 5. The van der Waals surface area contributed by atoms with Crippen molar-refractivity contribution in [2.75, 3.05) is 18.3 Å². The van der Waals surface area contributed by atoms with Crippen molar-refractivity contribution >= 4 is 45.7 Å². The lowest BCUT2D eigenvalue weighted by Gasteiger charge is -2.04. The van der Waals surface area contributed by atoms with Crippen LogP contribution in [0.15, 0.2) is 0 Å². The third-order valence-electron chi connectivity index (χ3n) is 2.33. The average Bonchev–Trinajstić information content (AvgIpc) is 2.65. The van der Waals surface area contributed by atoms with E-state index in [4.69, 9.17) is 17.3 Å². The van der Waals surface area contributed by atoms with Gasteiger partial charge in [0.2, 0.25) is 5.91 Å². The Morgan fingerprint density at radius 3 is 2.53 bits per heavy atom. The molecule has 0 fully saturated rings. The summed E-state index contributed by atoms with van der Waals surface area (Å²) in [6, 6.07) is 0. The van der Waals surface area contributed by atoms with Crippen LogP contribution in [0.5, 0.6) is 0 Å². The minimum Gasteiger partial charge on any atom is -0.465 e. The summed E-state index contributed by atoms with van der Waals surface area (Å²) in [6.07, 6.45) is 0.102. The lowest BCUT2D eigenvalue weighted by Crippen LogP contribution is -2.14. The van der Waals surface area contributed by atoms with Gasteiger partial charge in [-0.1, -0.05) is 0 Å². The molecule has 0 unspecified atom stereocenters. The Kier molecular flexibility index (Phi) is 5.31. The van der Waals surface area contributed by atoms with E-state index in [-0.39, 0.29) is 33.6 Å². The van der Waals surface area contributed by atoms with E-state index in [2.05, 4.69) is 10.1 Å². The molecule has 3 N–H and O–H groups in total. The molecule has 6 nitrogen and oxygen atoms in total. The van der Waals surface area contributed by atoms with Crippen molar-refractivity contribution in [3.63, 3.8) is 0 Å². The molecule has 0 atom stereocenters. The summed E-state index contributed by atoms with van der Waals surface area (Å²) >= 11 is 6.40. The fraction of sp³-hybridized carbons (Fsp3) is 0.364. The molecule has 1 aromatic heterocycles. The van der Waals surface area contributed by atoms with Gasteiger partial charge in [-0.25, -0.2) is 4.79 Å². The molecule has 0 bridgehead atoms. The van der Waals surface area contributed by atoms with Gasteiger partial charge in [-0.3, -0.25) is 9.59 Å². The van der Waals surface area contributed by atoms with E-state index in [0.29, 0.717) is 5.56 Å². The summed E-state index contributed by atoms with van der Waals surface area (Å²) in [7, 11) is 1.22. The number of primary amides is 1. The normalized spacial score (nSPS) is 10.1. The van der Waals surface area contributed by atoms with Gasteiger partial charge in [0.1, 0.15) is 5.00 Å². The van der Waals surface area contributed by atoms with Crippen LogP contribution >= 0.6 is 22.9 Å². The number of methoxy groups -OCH3 is 1. The van der Waals surface area contributed by atoms with Crippen LogP contribution in [0, 0.1) is 6.92 Å². The maximum absolute atomic E-state index is 11.7. The molecule has 0 saturated carbocycles. The number of carbonyl (C=O) groups excluding carboxylic acids is 3. The number of anilines is 1. The van der Waals surface area contributed by atoms with E-state index in [0.717, 1.165) is 11.3 Å². The van der Waals surface area contributed by atoms with Gasteiger partial charge in [0.25, 0.3) is 5.91 Å². The lowest BCUT2D eigenvalue weighted by atomic mass is 10.1. The number of esters is 1. The zero-order chi connectivity index (χ0) is 14.6. The molecule has 8 heteroatoms. The number of hydrogen-bond donors (Lipinski definition) is 2. The van der Waals surface area contributed by atoms with Crippen LogP contribution in [0.25, 0.3) is 0 Å². The third kappa shape index (κ3) is 3.45. The monoisotopic (exact) mass is 304 g/mol. The lowest BCUT2D eigenvalue weighted by molar-refractivity contribution is -0.115. The van der Waals surface area contributed by atoms with Gasteiger partial charge >= 0.3 is 5.97 Å². The standard InChI is InChI=1S/C11H13ClN2O4S/c1-5-7(11(17)18-2)10(14-6(15)3-4-12)19-8(5)9(13)16/h3-4H2,1-2H3,(H2,13,16)(H,14,15). The van der Waals surface area contributed by atoms with Gasteiger partial charge in [-0.15, -0.1) is 22.9 Å². The molecular formula is C11H13ClN2O4S. The Morgan fingerprint density at radius 1 is 1.42 bits per heavy atom. The molecule has 2 amide bonds. The van der Waals surface area contributed by atoms with Gasteiger partial charge < -0.3 is 15.8 Å². The molecule has 1 rings (SSSR count). The first-order valence-electron chi connectivity index (χ1n) is 5.29. The minimum atomic E-state index is -0.662. The molecule has 0 aromatic carbocycles. The molecule has 0 saturated heterocycles. The van der Waals surface area contributed by atoms with E-state index in [9.17, 15) is 14.4 Å². The fourth-order valence-electron chi connectivity index (χ4n) is 1.46. The predicted octanol–water partition coefficient (Wildman–Crippen LogP) is 1.51. The Hall–Kier alpha value is -1.60. The zero-order valence-corrected chi connectivity index (χ0v) is 12.0. The fourth-order valence-corrected chi connectivity index (χ4v) is 2.69. The van der Waals surface area contributed by atoms with Gasteiger partial charge in [0.15, 0.2) is 0 Å². The number of ether oxygens (including phenoxy) is 1. The number of nitrogens with one attached hydrogen (secondary N) is 1.